The van der Waals surface area contributed by atoms with Crippen molar-refractivity contribution in [2.45, 2.75) is 18.9 Å². The first-order valence-corrected chi connectivity index (χ1v) is 3.67. The molecule has 1 atom stereocenters. The summed E-state index contributed by atoms with van der Waals surface area (Å²) in [6, 6.07) is 3.77. The molecule has 0 unspecified atom stereocenters. The molecule has 0 amide bonds. The van der Waals surface area contributed by atoms with Crippen LogP contribution in [0.15, 0.2) is 18.3 Å². The average molecular weight is 151 g/mol. The van der Waals surface area contributed by atoms with Gasteiger partial charge in [0.2, 0.25) is 0 Å². The molecule has 58 valence electrons. The fraction of sp³-hybridized carbons (Fsp3) is 0.375. The van der Waals surface area contributed by atoms with Crippen molar-refractivity contribution in [2.24, 2.45) is 0 Å². The van der Waals surface area contributed by atoms with E-state index < -0.39 is 5.97 Å². The molecule has 11 heavy (non-hydrogen) atoms. The van der Waals surface area contributed by atoms with Crippen molar-refractivity contribution in [3.8, 4) is 0 Å². The molecule has 0 saturated heterocycles. The van der Waals surface area contributed by atoms with Crippen LogP contribution in [-0.4, -0.2) is 15.6 Å². The van der Waals surface area contributed by atoms with E-state index in [1.54, 1.807) is 0 Å². The second kappa shape index (κ2) is 2.12. The lowest BCUT2D eigenvalue weighted by atomic mass is 10.1. The van der Waals surface area contributed by atoms with E-state index in [2.05, 4.69) is 0 Å². The van der Waals surface area contributed by atoms with E-state index in [0.717, 1.165) is 18.7 Å². The van der Waals surface area contributed by atoms with Gasteiger partial charge in [0.05, 0.1) is 5.92 Å². The smallest absolute Gasteiger partial charge is 0.312 e. The molecule has 0 fully saturated rings. The average Bonchev–Trinajstić information content (AvgIpc) is 2.41. The topological polar surface area (TPSA) is 42.2 Å². The van der Waals surface area contributed by atoms with Gasteiger partial charge in [0.1, 0.15) is 0 Å². The van der Waals surface area contributed by atoms with Gasteiger partial charge in [-0.2, -0.15) is 0 Å². The van der Waals surface area contributed by atoms with E-state index in [1.807, 2.05) is 22.9 Å². The molecule has 0 saturated carbocycles. The van der Waals surface area contributed by atoms with Gasteiger partial charge in [-0.25, -0.2) is 0 Å². The number of aromatic nitrogens is 1. The number of aliphatic carboxylic acids is 1. The van der Waals surface area contributed by atoms with Crippen molar-refractivity contribution in [1.82, 2.24) is 4.57 Å². The minimum absolute atomic E-state index is 0.273. The lowest BCUT2D eigenvalue weighted by molar-refractivity contribution is -0.138. The summed E-state index contributed by atoms with van der Waals surface area (Å²) < 4.78 is 2.00. The predicted molar refractivity (Wildman–Crippen MR) is 39.4 cm³/mol. The Morgan fingerprint density at radius 2 is 2.55 bits per heavy atom. The van der Waals surface area contributed by atoms with E-state index in [1.165, 1.54) is 0 Å². The number of carboxylic acid groups (broad SMARTS) is 1. The number of hydrogen-bond acceptors (Lipinski definition) is 1. The number of rotatable bonds is 1. The third kappa shape index (κ3) is 0.843. The monoisotopic (exact) mass is 151 g/mol. The highest BCUT2D eigenvalue weighted by Gasteiger charge is 2.27. The lowest BCUT2D eigenvalue weighted by Crippen LogP contribution is -2.07. The maximum atomic E-state index is 10.6. The largest absolute Gasteiger partial charge is 0.481 e. The van der Waals surface area contributed by atoms with Crippen molar-refractivity contribution >= 4 is 5.97 Å². The number of nitrogens with zero attached hydrogens (tertiary/aromatic N) is 1. The fourth-order valence-electron chi connectivity index (χ4n) is 1.61. The highest BCUT2D eigenvalue weighted by Crippen LogP contribution is 2.27. The van der Waals surface area contributed by atoms with Crippen LogP contribution in [0.5, 0.6) is 0 Å². The van der Waals surface area contributed by atoms with Gasteiger partial charge in [-0.3, -0.25) is 4.79 Å². The van der Waals surface area contributed by atoms with Crippen LogP contribution in [0.1, 0.15) is 18.0 Å². The summed E-state index contributed by atoms with van der Waals surface area (Å²) in [6.45, 7) is 0.847. The first-order chi connectivity index (χ1) is 5.29. The molecule has 0 aromatic carbocycles. The molecule has 1 aromatic heterocycles. The summed E-state index contributed by atoms with van der Waals surface area (Å²) in [5.41, 5.74) is 0.942. The summed E-state index contributed by atoms with van der Waals surface area (Å²) >= 11 is 0. The Bertz CT molecular complexity index is 290. The zero-order chi connectivity index (χ0) is 7.84. The van der Waals surface area contributed by atoms with Crippen molar-refractivity contribution < 1.29 is 9.90 Å². The molecule has 1 aliphatic rings. The van der Waals surface area contributed by atoms with Crippen LogP contribution in [0.2, 0.25) is 0 Å². The third-order valence-electron chi connectivity index (χ3n) is 2.18. The maximum Gasteiger partial charge on any atom is 0.312 e. The first kappa shape index (κ1) is 6.46. The lowest BCUT2D eigenvalue weighted by Gasteiger charge is -2.00. The number of fused-ring (bicyclic) bond motifs is 1. The first-order valence-electron chi connectivity index (χ1n) is 3.67. The minimum atomic E-state index is -0.706. The zero-order valence-electron chi connectivity index (χ0n) is 6.03. The van der Waals surface area contributed by atoms with Crippen LogP contribution in [-0.2, 0) is 11.3 Å². The highest BCUT2D eigenvalue weighted by molar-refractivity contribution is 5.76. The molecule has 2 heterocycles. The summed E-state index contributed by atoms with van der Waals surface area (Å²) in [7, 11) is 0. The van der Waals surface area contributed by atoms with Crippen LogP contribution < -0.4 is 0 Å². The van der Waals surface area contributed by atoms with Gasteiger partial charge < -0.3 is 9.67 Å². The molecule has 0 aliphatic carbocycles. The summed E-state index contributed by atoms with van der Waals surface area (Å²) in [5, 5.41) is 8.77. The Labute approximate surface area is 64.3 Å². The van der Waals surface area contributed by atoms with Gasteiger partial charge in [-0.15, -0.1) is 0 Å². The zero-order valence-corrected chi connectivity index (χ0v) is 6.03. The van der Waals surface area contributed by atoms with E-state index in [-0.39, 0.29) is 5.92 Å². The molecule has 1 aliphatic heterocycles. The molecule has 3 heteroatoms. The molecule has 0 bridgehead atoms. The van der Waals surface area contributed by atoms with E-state index >= 15 is 0 Å². The normalized spacial score (nSPS) is 21.6. The Morgan fingerprint density at radius 3 is 3.27 bits per heavy atom. The van der Waals surface area contributed by atoms with Gasteiger partial charge in [0.25, 0.3) is 0 Å². The molecular weight excluding hydrogens is 142 g/mol. The van der Waals surface area contributed by atoms with Gasteiger partial charge in [0.15, 0.2) is 0 Å². The molecule has 0 radical (unpaired) electrons. The molecule has 3 nitrogen and oxygen atoms in total. The Morgan fingerprint density at radius 1 is 1.73 bits per heavy atom. The number of aryl methyl sites for hydroxylation is 1. The van der Waals surface area contributed by atoms with Crippen molar-refractivity contribution in [3.05, 3.63) is 24.0 Å². The Hall–Kier alpha value is -1.25. The minimum Gasteiger partial charge on any atom is -0.481 e. The number of hydrogen-bond donors (Lipinski definition) is 1. The Balaban J connectivity index is 2.38. The van der Waals surface area contributed by atoms with Gasteiger partial charge in [-0.05, 0) is 18.6 Å². The maximum absolute atomic E-state index is 10.6. The van der Waals surface area contributed by atoms with Gasteiger partial charge in [-0.1, -0.05) is 0 Å². The quantitative estimate of drug-likeness (QED) is 0.652. The van der Waals surface area contributed by atoms with Crippen molar-refractivity contribution in [2.75, 3.05) is 0 Å². The third-order valence-corrected chi connectivity index (χ3v) is 2.18. The predicted octanol–water partition coefficient (Wildman–Crippen LogP) is 1.06. The molecule has 0 spiro atoms. The number of carbonyl (C=O) groups is 1. The van der Waals surface area contributed by atoms with Gasteiger partial charge in [0, 0.05) is 18.4 Å². The fourth-order valence-corrected chi connectivity index (χ4v) is 1.61. The SMILES string of the molecule is O=C(O)[C@@H]1CCn2cccc21. The van der Waals surface area contributed by atoms with Crippen LogP contribution in [0, 0.1) is 0 Å². The second-order valence-corrected chi connectivity index (χ2v) is 2.81. The Kier molecular flexibility index (Phi) is 1.24. The molecule has 2 rings (SSSR count). The summed E-state index contributed by atoms with van der Waals surface area (Å²) in [6.07, 6.45) is 2.67. The standard InChI is InChI=1S/C8H9NO2/c10-8(11)6-3-5-9-4-1-2-7(6)9/h1-2,4,6H,3,5H2,(H,10,11)/t6-/m1/s1. The van der Waals surface area contributed by atoms with Crippen molar-refractivity contribution in [1.29, 1.82) is 0 Å². The molecular formula is C8H9NO2. The van der Waals surface area contributed by atoms with Crippen LogP contribution in [0.3, 0.4) is 0 Å². The van der Waals surface area contributed by atoms with E-state index in [4.69, 9.17) is 5.11 Å². The molecule has 1 N–H and O–H groups in total. The van der Waals surface area contributed by atoms with Crippen LogP contribution in [0.25, 0.3) is 0 Å². The number of carboxylic acids is 1. The van der Waals surface area contributed by atoms with Crippen LogP contribution >= 0.6 is 0 Å². The van der Waals surface area contributed by atoms with E-state index in [9.17, 15) is 4.79 Å². The van der Waals surface area contributed by atoms with Crippen LogP contribution in [0.4, 0.5) is 0 Å². The highest BCUT2D eigenvalue weighted by atomic mass is 16.4. The molecule has 1 aromatic rings. The van der Waals surface area contributed by atoms with Crippen molar-refractivity contribution in [3.63, 3.8) is 0 Å². The summed E-state index contributed by atoms with van der Waals surface area (Å²) in [5.74, 6) is -0.979. The summed E-state index contributed by atoms with van der Waals surface area (Å²) in [4.78, 5) is 10.6. The second-order valence-electron chi connectivity index (χ2n) is 2.81. The van der Waals surface area contributed by atoms with E-state index in [0.29, 0.717) is 0 Å². The van der Waals surface area contributed by atoms with Gasteiger partial charge >= 0.3 is 5.97 Å².